The zero-order valence-electron chi connectivity index (χ0n) is 70.6. The molecule has 0 atom stereocenters. The molecule has 0 spiro atoms. The van der Waals surface area contributed by atoms with E-state index in [1.54, 1.807) is 12.4 Å². The van der Waals surface area contributed by atoms with Gasteiger partial charge in [0.25, 0.3) is 0 Å². The second-order valence-corrected chi connectivity index (χ2v) is 33.2. The maximum absolute atomic E-state index is 5.39. The van der Waals surface area contributed by atoms with Crippen LogP contribution in [0, 0.1) is 0 Å². The van der Waals surface area contributed by atoms with Crippen LogP contribution in [0.5, 0.6) is 0 Å². The summed E-state index contributed by atoms with van der Waals surface area (Å²) >= 11 is 0. The molecule has 9 heterocycles. The van der Waals surface area contributed by atoms with E-state index < -0.39 is 0 Å². The fourth-order valence-corrected chi connectivity index (χ4v) is 19.4. The number of nitrogens with zero attached hydrogens (tertiary/aromatic N) is 12. The first kappa shape index (κ1) is 75.6. The summed E-state index contributed by atoms with van der Waals surface area (Å²) in [5.41, 5.74) is 21.4. The number of benzene rings is 18. The van der Waals surface area contributed by atoms with Crippen molar-refractivity contribution >= 4 is 152 Å². The molecule has 610 valence electrons. The van der Waals surface area contributed by atoms with Crippen LogP contribution in [-0.2, 0) is 0 Å². The van der Waals surface area contributed by atoms with Gasteiger partial charge in [0.15, 0.2) is 17.5 Å². The minimum Gasteiger partial charge on any atom is -0.293 e. The smallest absolute Gasteiger partial charge is 0.180 e. The molecular weight excluding hydrogens is 1600 g/mol. The first-order chi connectivity index (χ1) is 64.9. The van der Waals surface area contributed by atoms with E-state index in [1.807, 2.05) is 85.3 Å². The highest BCUT2D eigenvalue weighted by Gasteiger charge is 2.26. The number of rotatable bonds is 10. The molecule has 0 aliphatic rings. The van der Waals surface area contributed by atoms with E-state index in [0.29, 0.717) is 17.5 Å². The fourth-order valence-electron chi connectivity index (χ4n) is 19.4. The Balaban J connectivity index is 0.000000107. The van der Waals surface area contributed by atoms with Gasteiger partial charge in [0.05, 0.1) is 49.7 Å². The highest BCUT2D eigenvalue weighted by molar-refractivity contribution is 6.23. The number of hydrogen-bond acceptors (Lipinski definition) is 9. The third-order valence-corrected chi connectivity index (χ3v) is 25.6. The van der Waals surface area contributed by atoms with Gasteiger partial charge < -0.3 is 0 Å². The molecule has 9 aromatic heterocycles. The van der Waals surface area contributed by atoms with Crippen molar-refractivity contribution in [2.75, 3.05) is 0 Å². The van der Waals surface area contributed by atoms with Crippen LogP contribution in [0.2, 0.25) is 0 Å². The van der Waals surface area contributed by atoms with Crippen LogP contribution in [0.4, 0.5) is 0 Å². The molecule has 0 unspecified atom stereocenters. The van der Waals surface area contributed by atoms with Gasteiger partial charge in [-0.05, 0) is 238 Å². The van der Waals surface area contributed by atoms with Gasteiger partial charge in [0.1, 0.15) is 23.1 Å². The number of para-hydroxylation sites is 3. The quantitative estimate of drug-likeness (QED) is 0.131. The molecule has 0 aliphatic carbocycles. The van der Waals surface area contributed by atoms with Crippen molar-refractivity contribution in [2.24, 2.45) is 0 Å². The highest BCUT2D eigenvalue weighted by Crippen LogP contribution is 2.47. The summed E-state index contributed by atoms with van der Waals surface area (Å²) < 4.78 is 6.97. The monoisotopic (exact) mass is 1670 g/mol. The average molecular weight is 1670 g/mol. The first-order valence-electron chi connectivity index (χ1n) is 44.0. The van der Waals surface area contributed by atoms with Gasteiger partial charge in [0, 0.05) is 90.6 Å². The Morgan fingerprint density at radius 3 is 1.18 bits per heavy atom. The summed E-state index contributed by atoms with van der Waals surface area (Å²) in [5.74, 6) is 4.53. The SMILES string of the molecule is c1ccc(-c2cccc3c2c2cc4ccccc4cc2n3-c2nc(-c3cccnc3)nc3ccccc23)cc1.c1ccc(-c2nc(-n3c4ccc(-c5ccc6ccccc6c5)cc4c4cc5ccccc5cc43)c3ccccc3n2)nc1.c1ccc2cc3c(cc2c1)c1c(-c2cccc4ccccc24)cccc1n3-c1nc(-c2ccc(-c3ccncc3)cc2)nc2ccccc12. The standard InChI is InChI=1S/C45H28N4.C39H24N4.C35H22N4/c1-2-11-34-28-42-39(27-33(34)10-1)43-37(36-15-7-12-31-9-3-4-13-35(31)36)16-8-18-41(43)49(42)45-38-14-5-6-17-40(38)47-44(48-45)32-21-19-29(20-22-32)30-23-25-46-26-24-30;1-2-10-26-21-29(17-16-25(26)9-1)30-18-19-36-32(23-30)33-22-27-11-3-4-12-28(27)24-37(33)43(36)39-31-13-5-6-14-34(31)41-38(42-39)35-15-7-8-20-40-35;1-2-10-23(11-3-1)27-16-8-18-31-33(27)29-20-24-12-4-5-13-25(24)21-32(29)39(31)35-28-15-6-7-17-30(28)37-34(38-35)26-14-9-19-36-22-26/h1-28H;1-24H;1-22H. The molecule has 0 aliphatic heterocycles. The Labute approximate surface area is 751 Å². The zero-order valence-corrected chi connectivity index (χ0v) is 70.6. The van der Waals surface area contributed by atoms with Crippen LogP contribution in [0.15, 0.2) is 450 Å². The van der Waals surface area contributed by atoms with Crippen molar-refractivity contribution in [2.45, 2.75) is 0 Å². The lowest BCUT2D eigenvalue weighted by Crippen LogP contribution is -2.03. The van der Waals surface area contributed by atoms with E-state index in [4.69, 9.17) is 29.9 Å². The molecule has 0 saturated carbocycles. The maximum atomic E-state index is 5.39. The van der Waals surface area contributed by atoms with Gasteiger partial charge in [0.2, 0.25) is 0 Å². The van der Waals surface area contributed by atoms with E-state index >= 15 is 0 Å². The number of pyridine rings is 3. The third kappa shape index (κ3) is 13.3. The molecule has 0 amide bonds. The van der Waals surface area contributed by atoms with Crippen LogP contribution >= 0.6 is 0 Å². The predicted molar refractivity (Wildman–Crippen MR) is 541 cm³/mol. The number of fused-ring (bicyclic) bond motifs is 17. The summed E-state index contributed by atoms with van der Waals surface area (Å²) in [7, 11) is 0. The minimum absolute atomic E-state index is 0.609. The van der Waals surface area contributed by atoms with E-state index in [2.05, 4.69) is 381 Å². The second kappa shape index (κ2) is 31.7. The van der Waals surface area contributed by atoms with Crippen LogP contribution in [0.1, 0.15) is 0 Å². The fraction of sp³-hybridized carbons (Fsp3) is 0. The second-order valence-electron chi connectivity index (χ2n) is 33.2. The lowest BCUT2D eigenvalue weighted by atomic mass is 9.94. The molecule has 12 heteroatoms. The van der Waals surface area contributed by atoms with E-state index in [0.717, 1.165) is 111 Å². The van der Waals surface area contributed by atoms with Crippen molar-refractivity contribution in [1.29, 1.82) is 0 Å². The molecule has 12 nitrogen and oxygen atoms in total. The normalized spacial score (nSPS) is 11.7. The lowest BCUT2D eigenvalue weighted by molar-refractivity contribution is 1.07. The molecule has 27 aromatic rings. The van der Waals surface area contributed by atoms with E-state index in [1.165, 1.54) is 120 Å². The van der Waals surface area contributed by atoms with Crippen molar-refractivity contribution in [3.8, 4) is 96.3 Å². The lowest BCUT2D eigenvalue weighted by Gasteiger charge is -2.13. The average Bonchev–Trinajstić information content (AvgIpc) is 1.65. The Bertz CT molecular complexity index is 9230. The minimum atomic E-state index is 0.609. The number of aromatic nitrogens is 12. The first-order valence-corrected chi connectivity index (χ1v) is 44.0. The molecule has 0 N–H and O–H groups in total. The van der Waals surface area contributed by atoms with Crippen LogP contribution in [-0.4, -0.2) is 58.6 Å². The molecule has 18 aromatic carbocycles. The summed E-state index contributed by atoms with van der Waals surface area (Å²) in [4.78, 5) is 43.8. The topological polar surface area (TPSA) is 131 Å². The van der Waals surface area contributed by atoms with Gasteiger partial charge in [-0.2, -0.15) is 0 Å². The molecule has 27 rings (SSSR count). The molecule has 131 heavy (non-hydrogen) atoms. The van der Waals surface area contributed by atoms with Gasteiger partial charge in [-0.25, -0.2) is 29.9 Å². The number of hydrogen-bond donors (Lipinski definition) is 0. The van der Waals surface area contributed by atoms with Crippen molar-refractivity contribution in [3.05, 3.63) is 450 Å². The van der Waals surface area contributed by atoms with Gasteiger partial charge >= 0.3 is 0 Å². The van der Waals surface area contributed by atoms with Crippen molar-refractivity contribution < 1.29 is 0 Å². The highest BCUT2D eigenvalue weighted by atomic mass is 15.1. The van der Waals surface area contributed by atoms with Gasteiger partial charge in [-0.15, -0.1) is 0 Å². The Morgan fingerprint density at radius 1 is 0.176 bits per heavy atom. The Morgan fingerprint density at radius 2 is 0.588 bits per heavy atom. The zero-order chi connectivity index (χ0) is 86.4. The molecule has 0 bridgehead atoms. The Kier molecular flexibility index (Phi) is 18.3. The molecule has 0 fully saturated rings. The molecule has 0 radical (unpaired) electrons. The van der Waals surface area contributed by atoms with Crippen LogP contribution in [0.25, 0.3) is 248 Å². The van der Waals surface area contributed by atoms with E-state index in [-0.39, 0.29) is 0 Å². The largest absolute Gasteiger partial charge is 0.293 e. The maximum Gasteiger partial charge on any atom is 0.180 e. The summed E-state index contributed by atoms with van der Waals surface area (Å²) in [6.07, 6.45) is 9.02. The van der Waals surface area contributed by atoms with Gasteiger partial charge in [-0.1, -0.05) is 279 Å². The Hall–Kier alpha value is -17.9. The summed E-state index contributed by atoms with van der Waals surface area (Å²) in [6.45, 7) is 0. The van der Waals surface area contributed by atoms with Crippen molar-refractivity contribution in [3.63, 3.8) is 0 Å². The molecule has 0 saturated heterocycles. The van der Waals surface area contributed by atoms with Crippen LogP contribution in [0.3, 0.4) is 0 Å². The summed E-state index contributed by atoms with van der Waals surface area (Å²) in [5, 5.41) is 22.4. The third-order valence-electron chi connectivity index (χ3n) is 25.6. The predicted octanol–water partition coefficient (Wildman–Crippen LogP) is 29.8. The van der Waals surface area contributed by atoms with Crippen molar-refractivity contribution in [1.82, 2.24) is 58.6 Å². The van der Waals surface area contributed by atoms with Crippen LogP contribution < -0.4 is 0 Å². The van der Waals surface area contributed by atoms with E-state index in [9.17, 15) is 0 Å². The molecular formula is C119H74N12. The van der Waals surface area contributed by atoms with Gasteiger partial charge in [-0.3, -0.25) is 28.7 Å². The summed E-state index contributed by atoms with van der Waals surface area (Å²) in [6, 6.07) is 148.